The van der Waals surface area contributed by atoms with Gasteiger partial charge in [0.1, 0.15) is 5.75 Å². The van der Waals surface area contributed by atoms with Gasteiger partial charge in [0.15, 0.2) is 0 Å². The third-order valence-electron chi connectivity index (χ3n) is 4.04. The molecule has 1 aliphatic carbocycles. The van der Waals surface area contributed by atoms with Crippen LogP contribution in [0.15, 0.2) is 23.1 Å². The Hall–Kier alpha value is -1.27. The predicted molar refractivity (Wildman–Crippen MR) is 83.8 cm³/mol. The topological polar surface area (TPSA) is 81.4 Å². The number of rotatable bonds is 4. The van der Waals surface area contributed by atoms with Gasteiger partial charge in [-0.3, -0.25) is 0 Å². The molecule has 1 aliphatic rings. The molecule has 0 aromatic heterocycles. The summed E-state index contributed by atoms with van der Waals surface area (Å²) in [5.74, 6) is 0.479. The fraction of sp³-hybridized carbons (Fsp3) is 0.600. The first-order chi connectivity index (χ1) is 9.73. The Morgan fingerprint density at radius 3 is 2.67 bits per heavy atom. The van der Waals surface area contributed by atoms with Crippen molar-refractivity contribution < 1.29 is 13.2 Å². The highest BCUT2D eigenvalue weighted by Gasteiger charge is 2.30. The SMILES string of the molecule is COc1ccc(S(=O)(=O)NC2CCCC(C)(C)C2)cc1N. The van der Waals surface area contributed by atoms with Crippen molar-refractivity contribution in [1.29, 1.82) is 0 Å². The highest BCUT2D eigenvalue weighted by Crippen LogP contribution is 2.35. The van der Waals surface area contributed by atoms with E-state index in [1.807, 2.05) is 0 Å². The molecule has 118 valence electrons. The van der Waals surface area contributed by atoms with Crippen LogP contribution in [0.3, 0.4) is 0 Å². The van der Waals surface area contributed by atoms with E-state index in [4.69, 9.17) is 10.5 Å². The average molecular weight is 312 g/mol. The molecule has 0 aliphatic heterocycles. The number of benzene rings is 1. The molecule has 1 aromatic rings. The maximum Gasteiger partial charge on any atom is 0.240 e. The number of sulfonamides is 1. The van der Waals surface area contributed by atoms with Gasteiger partial charge in [0.05, 0.1) is 17.7 Å². The van der Waals surface area contributed by atoms with Crippen molar-refractivity contribution in [3.8, 4) is 5.75 Å². The van der Waals surface area contributed by atoms with Crippen LogP contribution in [0, 0.1) is 5.41 Å². The summed E-state index contributed by atoms with van der Waals surface area (Å²) in [5, 5.41) is 0. The highest BCUT2D eigenvalue weighted by atomic mass is 32.2. The number of nitrogens with one attached hydrogen (secondary N) is 1. The van der Waals surface area contributed by atoms with Crippen LogP contribution in [0.5, 0.6) is 5.75 Å². The molecule has 2 rings (SSSR count). The van der Waals surface area contributed by atoms with Crippen molar-refractivity contribution in [3.63, 3.8) is 0 Å². The van der Waals surface area contributed by atoms with E-state index in [0.717, 1.165) is 25.7 Å². The van der Waals surface area contributed by atoms with E-state index in [1.54, 1.807) is 6.07 Å². The summed E-state index contributed by atoms with van der Waals surface area (Å²) in [5.41, 5.74) is 6.30. The summed E-state index contributed by atoms with van der Waals surface area (Å²) >= 11 is 0. The van der Waals surface area contributed by atoms with Gasteiger partial charge in [-0.2, -0.15) is 0 Å². The zero-order valence-corrected chi connectivity index (χ0v) is 13.7. The lowest BCUT2D eigenvalue weighted by Crippen LogP contribution is -2.40. The van der Waals surface area contributed by atoms with Crippen molar-refractivity contribution in [3.05, 3.63) is 18.2 Å². The third-order valence-corrected chi connectivity index (χ3v) is 5.56. The molecule has 0 saturated heterocycles. The van der Waals surface area contributed by atoms with Crippen LogP contribution in [0.25, 0.3) is 0 Å². The van der Waals surface area contributed by atoms with Crippen LogP contribution in [0.1, 0.15) is 39.5 Å². The van der Waals surface area contributed by atoms with E-state index in [2.05, 4.69) is 18.6 Å². The van der Waals surface area contributed by atoms with Gasteiger partial charge in [0.2, 0.25) is 10.0 Å². The summed E-state index contributed by atoms with van der Waals surface area (Å²) in [6, 6.07) is 4.53. The van der Waals surface area contributed by atoms with Crippen molar-refractivity contribution in [2.45, 2.75) is 50.5 Å². The fourth-order valence-corrected chi connectivity index (χ4v) is 4.27. The highest BCUT2D eigenvalue weighted by molar-refractivity contribution is 7.89. The minimum atomic E-state index is -3.54. The summed E-state index contributed by atoms with van der Waals surface area (Å²) in [6.45, 7) is 4.36. The Kier molecular flexibility index (Phi) is 4.49. The lowest BCUT2D eigenvalue weighted by molar-refractivity contribution is 0.212. The Morgan fingerprint density at radius 1 is 1.38 bits per heavy atom. The van der Waals surface area contributed by atoms with E-state index in [0.29, 0.717) is 11.4 Å². The zero-order valence-electron chi connectivity index (χ0n) is 12.8. The number of hydrogen-bond acceptors (Lipinski definition) is 4. The normalized spacial score (nSPS) is 22.0. The number of nitrogen functional groups attached to an aromatic ring is 1. The number of ether oxygens (including phenoxy) is 1. The second-order valence-electron chi connectivity index (χ2n) is 6.48. The summed E-state index contributed by atoms with van der Waals surface area (Å²) in [4.78, 5) is 0.184. The van der Waals surface area contributed by atoms with E-state index < -0.39 is 10.0 Å². The summed E-state index contributed by atoms with van der Waals surface area (Å²) in [7, 11) is -2.04. The first-order valence-electron chi connectivity index (χ1n) is 7.19. The van der Waals surface area contributed by atoms with Crippen molar-refractivity contribution in [2.24, 2.45) is 5.41 Å². The van der Waals surface area contributed by atoms with Gasteiger partial charge in [-0.15, -0.1) is 0 Å². The van der Waals surface area contributed by atoms with Gasteiger partial charge in [-0.05, 0) is 42.9 Å². The Bertz CT molecular complexity index is 611. The number of nitrogens with two attached hydrogens (primary N) is 1. The van der Waals surface area contributed by atoms with Crippen LogP contribution < -0.4 is 15.2 Å². The van der Waals surface area contributed by atoms with Crippen LogP contribution in [0.4, 0.5) is 5.69 Å². The molecule has 0 spiro atoms. The monoisotopic (exact) mass is 312 g/mol. The molecule has 1 saturated carbocycles. The standard InChI is InChI=1S/C15H24N2O3S/c1-15(2)8-4-5-11(10-15)17-21(18,19)12-6-7-14(20-3)13(16)9-12/h6-7,9,11,17H,4-5,8,10,16H2,1-3H3. The second kappa shape index (κ2) is 5.85. The van der Waals surface area contributed by atoms with Gasteiger partial charge in [0.25, 0.3) is 0 Å². The minimum Gasteiger partial charge on any atom is -0.495 e. The van der Waals surface area contributed by atoms with E-state index in [9.17, 15) is 8.42 Å². The quantitative estimate of drug-likeness (QED) is 0.837. The lowest BCUT2D eigenvalue weighted by atomic mass is 9.75. The fourth-order valence-electron chi connectivity index (χ4n) is 2.97. The van der Waals surface area contributed by atoms with E-state index in [1.165, 1.54) is 19.2 Å². The molecule has 3 N–H and O–H groups in total. The van der Waals surface area contributed by atoms with E-state index >= 15 is 0 Å². The summed E-state index contributed by atoms with van der Waals surface area (Å²) in [6.07, 6.45) is 3.93. The molecule has 0 radical (unpaired) electrons. The molecule has 21 heavy (non-hydrogen) atoms. The number of anilines is 1. The lowest BCUT2D eigenvalue weighted by Gasteiger charge is -2.35. The molecule has 1 unspecified atom stereocenters. The van der Waals surface area contributed by atoms with Gasteiger partial charge < -0.3 is 10.5 Å². The van der Waals surface area contributed by atoms with Crippen LogP contribution in [-0.4, -0.2) is 21.6 Å². The second-order valence-corrected chi connectivity index (χ2v) is 8.20. The Labute approximate surface area is 126 Å². The molecular weight excluding hydrogens is 288 g/mol. The average Bonchev–Trinajstić information content (AvgIpc) is 2.36. The molecule has 6 heteroatoms. The molecule has 1 fully saturated rings. The van der Waals surface area contributed by atoms with E-state index in [-0.39, 0.29) is 16.4 Å². The smallest absolute Gasteiger partial charge is 0.240 e. The zero-order chi connectivity index (χ0) is 15.7. The van der Waals surface area contributed by atoms with Gasteiger partial charge in [-0.25, -0.2) is 13.1 Å². The Morgan fingerprint density at radius 2 is 2.10 bits per heavy atom. The first-order valence-corrected chi connectivity index (χ1v) is 8.68. The molecule has 1 aromatic carbocycles. The predicted octanol–water partition coefficient (Wildman–Crippen LogP) is 2.52. The Balaban J connectivity index is 2.17. The van der Waals surface area contributed by atoms with Crippen molar-refractivity contribution in [1.82, 2.24) is 4.72 Å². The molecule has 0 amide bonds. The molecule has 5 nitrogen and oxygen atoms in total. The first kappa shape index (κ1) is 16.1. The third kappa shape index (κ3) is 3.89. The van der Waals surface area contributed by atoms with Crippen molar-refractivity contribution >= 4 is 15.7 Å². The summed E-state index contributed by atoms with van der Waals surface area (Å²) < 4.78 is 32.8. The maximum atomic E-state index is 12.5. The molecule has 0 bridgehead atoms. The molecule has 1 atom stereocenters. The van der Waals surface area contributed by atoms with Crippen LogP contribution >= 0.6 is 0 Å². The maximum absolute atomic E-state index is 12.5. The molecular formula is C15H24N2O3S. The van der Waals surface area contributed by atoms with Gasteiger partial charge in [0, 0.05) is 6.04 Å². The van der Waals surface area contributed by atoms with Gasteiger partial charge >= 0.3 is 0 Å². The number of hydrogen-bond donors (Lipinski definition) is 2. The minimum absolute atomic E-state index is 0.0120. The van der Waals surface area contributed by atoms with Crippen LogP contribution in [0.2, 0.25) is 0 Å². The van der Waals surface area contributed by atoms with Gasteiger partial charge in [-0.1, -0.05) is 20.3 Å². The largest absolute Gasteiger partial charge is 0.495 e. The van der Waals surface area contributed by atoms with Crippen LogP contribution in [-0.2, 0) is 10.0 Å². The number of methoxy groups -OCH3 is 1. The van der Waals surface area contributed by atoms with Crippen molar-refractivity contribution in [2.75, 3.05) is 12.8 Å². The molecule has 0 heterocycles.